The van der Waals surface area contributed by atoms with E-state index in [1.807, 2.05) is 0 Å². The van der Waals surface area contributed by atoms with Crippen LogP contribution in [0.5, 0.6) is 0 Å². The van der Waals surface area contributed by atoms with E-state index in [4.69, 9.17) is 92.8 Å². The molecule has 4 nitrogen and oxygen atoms in total. The number of fused-ring (bicyclic) bond motifs is 2. The number of anilines is 1. The topological polar surface area (TPSA) is 66.4 Å². The van der Waals surface area contributed by atoms with Gasteiger partial charge in [0.2, 0.25) is 5.91 Å². The minimum Gasteiger partial charge on any atom is -0.481 e. The molecule has 3 rings (SSSR count). The fourth-order valence-electron chi connectivity index (χ4n) is 3.44. The number of allylic oxidation sites excluding steroid dienone is 2. The van der Waals surface area contributed by atoms with Crippen molar-refractivity contribution < 1.29 is 14.7 Å². The van der Waals surface area contributed by atoms with Crippen LogP contribution in [0.2, 0.25) is 10.0 Å². The van der Waals surface area contributed by atoms with Crippen molar-refractivity contribution in [3.63, 3.8) is 0 Å². The number of carbonyl (C=O) groups excluding carboxylic acids is 1. The number of carboxylic acid groups (broad SMARTS) is 1. The van der Waals surface area contributed by atoms with Gasteiger partial charge in [0, 0.05) is 0 Å². The first-order valence-electron chi connectivity index (χ1n) is 7.13. The smallest absolute Gasteiger partial charge is 0.309 e. The molecule has 0 heterocycles. The molecule has 2 aliphatic rings. The molecule has 0 aromatic heterocycles. The largest absolute Gasteiger partial charge is 0.481 e. The van der Waals surface area contributed by atoms with E-state index in [-0.39, 0.29) is 25.8 Å². The maximum atomic E-state index is 13.0. The summed E-state index contributed by atoms with van der Waals surface area (Å²) in [7, 11) is 0. The Kier molecular flexibility index (Phi) is 5.59. The number of carboxylic acids is 1. The third-order valence-corrected chi connectivity index (χ3v) is 9.77. The normalized spacial score (nSPS) is 34.1. The van der Waals surface area contributed by atoms with Crippen molar-refractivity contribution in [3.05, 3.63) is 38.3 Å². The molecular weight excluding hydrogens is 526 g/mol. The summed E-state index contributed by atoms with van der Waals surface area (Å²) < 4.78 is -2.18. The first-order chi connectivity index (χ1) is 12.3. The van der Waals surface area contributed by atoms with E-state index >= 15 is 0 Å². The van der Waals surface area contributed by atoms with E-state index in [1.54, 1.807) is 0 Å². The Labute approximate surface area is 193 Å². The van der Waals surface area contributed by atoms with E-state index in [9.17, 15) is 14.7 Å². The van der Waals surface area contributed by atoms with Crippen LogP contribution in [0.1, 0.15) is 0 Å². The lowest BCUT2D eigenvalue weighted by atomic mass is 9.81. The number of amides is 1. The minimum atomic E-state index is -2.18. The van der Waals surface area contributed by atoms with Crippen molar-refractivity contribution in [3.8, 4) is 0 Å². The number of carbonyl (C=O) groups is 2. The number of rotatable bonds is 3. The Morgan fingerprint density at radius 3 is 1.96 bits per heavy atom. The second kappa shape index (κ2) is 6.88. The summed E-state index contributed by atoms with van der Waals surface area (Å²) in [6.45, 7) is 0. The molecule has 0 saturated heterocycles. The Balaban J connectivity index is 2.13. The van der Waals surface area contributed by atoms with Crippen molar-refractivity contribution in [2.45, 2.75) is 14.1 Å². The zero-order valence-corrected chi connectivity index (χ0v) is 18.7. The predicted octanol–water partition coefficient (Wildman–Crippen LogP) is 6.09. The standard InChI is InChI=1S/C15H7Cl8NO3/c16-4-2-1-3-5(8(4)17)24-11(25)6-7(12(26)27)14(21)10(19)9(18)13(6,20)15(14,22)23/h1-3,6-7H,(H,24,25)(H,26,27)/t6-,7+,13-,14-/m1/s1. The maximum Gasteiger partial charge on any atom is 0.309 e. The highest BCUT2D eigenvalue weighted by Crippen LogP contribution is 2.76. The molecule has 27 heavy (non-hydrogen) atoms. The van der Waals surface area contributed by atoms with Gasteiger partial charge >= 0.3 is 5.97 Å². The second-order valence-electron chi connectivity index (χ2n) is 6.01. The molecule has 1 saturated carbocycles. The monoisotopic (exact) mass is 529 g/mol. The van der Waals surface area contributed by atoms with Gasteiger partial charge < -0.3 is 10.4 Å². The van der Waals surface area contributed by atoms with Gasteiger partial charge in [0.25, 0.3) is 0 Å². The van der Waals surface area contributed by atoms with E-state index in [0.29, 0.717) is 0 Å². The molecule has 0 aliphatic heterocycles. The zero-order chi connectivity index (χ0) is 20.5. The van der Waals surface area contributed by atoms with Gasteiger partial charge in [-0.15, -0.1) is 23.2 Å². The summed E-state index contributed by atoms with van der Waals surface area (Å²) in [4.78, 5) is 20.8. The minimum absolute atomic E-state index is 0.0504. The number of hydrogen-bond donors (Lipinski definition) is 2. The number of nitrogens with one attached hydrogen (secondary N) is 1. The van der Waals surface area contributed by atoms with Crippen LogP contribution in [0.3, 0.4) is 0 Å². The number of benzene rings is 1. The van der Waals surface area contributed by atoms with Crippen molar-refractivity contribution in [2.75, 3.05) is 5.32 Å². The molecule has 146 valence electrons. The zero-order valence-electron chi connectivity index (χ0n) is 12.7. The van der Waals surface area contributed by atoms with Crippen molar-refractivity contribution in [1.29, 1.82) is 0 Å². The van der Waals surface area contributed by atoms with Crippen molar-refractivity contribution >= 4 is 110 Å². The van der Waals surface area contributed by atoms with Crippen molar-refractivity contribution in [2.24, 2.45) is 11.8 Å². The van der Waals surface area contributed by atoms with Crippen LogP contribution in [-0.4, -0.2) is 31.1 Å². The van der Waals surface area contributed by atoms with Crippen LogP contribution in [0, 0.1) is 11.8 Å². The van der Waals surface area contributed by atoms with Crippen LogP contribution < -0.4 is 5.32 Å². The summed E-state index contributed by atoms with van der Waals surface area (Å²) in [6, 6.07) is 4.51. The summed E-state index contributed by atoms with van der Waals surface area (Å²) in [6.07, 6.45) is 0. The van der Waals surface area contributed by atoms with Crippen LogP contribution in [0.4, 0.5) is 5.69 Å². The van der Waals surface area contributed by atoms with Gasteiger partial charge in [-0.3, -0.25) is 9.59 Å². The van der Waals surface area contributed by atoms with E-state index in [2.05, 4.69) is 5.32 Å². The highest BCUT2D eigenvalue weighted by atomic mass is 35.5. The molecule has 1 aromatic carbocycles. The lowest BCUT2D eigenvalue weighted by Gasteiger charge is -2.33. The number of alkyl halides is 4. The highest BCUT2D eigenvalue weighted by molar-refractivity contribution is 6.66. The highest BCUT2D eigenvalue weighted by Gasteiger charge is 2.85. The lowest BCUT2D eigenvalue weighted by molar-refractivity contribution is -0.146. The van der Waals surface area contributed by atoms with E-state index in [1.165, 1.54) is 18.2 Å². The lowest BCUT2D eigenvalue weighted by Crippen LogP contribution is -2.47. The molecule has 2 bridgehead atoms. The Hall–Kier alpha value is 0.220. The summed E-state index contributed by atoms with van der Waals surface area (Å²) in [5, 5.41) is 11.8. The third-order valence-electron chi connectivity index (χ3n) is 4.69. The number of aliphatic carboxylic acids is 1. The molecule has 2 aliphatic carbocycles. The van der Waals surface area contributed by atoms with Crippen LogP contribution in [-0.2, 0) is 9.59 Å². The molecule has 0 unspecified atom stereocenters. The van der Waals surface area contributed by atoms with Gasteiger partial charge in [0.1, 0.15) is 9.75 Å². The van der Waals surface area contributed by atoms with Gasteiger partial charge in [0.05, 0.1) is 37.6 Å². The van der Waals surface area contributed by atoms with Crippen molar-refractivity contribution in [1.82, 2.24) is 0 Å². The van der Waals surface area contributed by atoms with Crippen LogP contribution in [0.25, 0.3) is 0 Å². The Bertz CT molecular complexity index is 903. The van der Waals surface area contributed by atoms with Gasteiger partial charge in [0.15, 0.2) is 4.33 Å². The van der Waals surface area contributed by atoms with Gasteiger partial charge in [-0.1, -0.05) is 75.7 Å². The molecule has 12 heteroatoms. The van der Waals surface area contributed by atoms with Crippen LogP contribution in [0.15, 0.2) is 28.3 Å². The maximum absolute atomic E-state index is 13.0. The fourth-order valence-corrected chi connectivity index (χ4v) is 6.72. The SMILES string of the molecule is O=C(O)[C@@H]1[C@H](C(=O)Nc2cccc(Cl)c2Cl)[C@@]2(Cl)C(Cl)=C(Cl)[C@@]1(Cl)C2(Cl)Cl. The first kappa shape index (κ1) is 21.9. The van der Waals surface area contributed by atoms with E-state index in [0.717, 1.165) is 0 Å². The van der Waals surface area contributed by atoms with Gasteiger partial charge in [-0.05, 0) is 12.1 Å². The molecule has 4 atom stereocenters. The average molecular weight is 533 g/mol. The Morgan fingerprint density at radius 2 is 1.44 bits per heavy atom. The van der Waals surface area contributed by atoms with Gasteiger partial charge in [-0.25, -0.2) is 0 Å². The Morgan fingerprint density at radius 1 is 0.926 bits per heavy atom. The molecule has 0 spiro atoms. The fraction of sp³-hybridized carbons (Fsp3) is 0.333. The predicted molar refractivity (Wildman–Crippen MR) is 110 cm³/mol. The van der Waals surface area contributed by atoms with Crippen LogP contribution >= 0.6 is 92.8 Å². The number of hydrogen-bond acceptors (Lipinski definition) is 2. The molecule has 1 fully saturated rings. The molecular formula is C15H7Cl8NO3. The summed E-state index contributed by atoms with van der Waals surface area (Å²) in [5.41, 5.74) is 0.130. The quantitative estimate of drug-likeness (QED) is 0.463. The summed E-state index contributed by atoms with van der Waals surface area (Å²) >= 11 is 50.0. The summed E-state index contributed by atoms with van der Waals surface area (Å²) in [5.74, 6) is -5.57. The molecule has 1 amide bonds. The first-order valence-corrected chi connectivity index (χ1v) is 10.1. The second-order valence-corrected chi connectivity index (χ2v) is 10.1. The molecule has 1 aromatic rings. The third kappa shape index (κ3) is 2.65. The molecule has 0 radical (unpaired) electrons. The van der Waals surface area contributed by atoms with E-state index < -0.39 is 37.8 Å². The number of halogens is 8. The van der Waals surface area contributed by atoms with Gasteiger partial charge in [-0.2, -0.15) is 0 Å². The molecule has 2 N–H and O–H groups in total. The average Bonchev–Trinajstić information content (AvgIpc) is 2.79.